The largest absolute Gasteiger partial charge is 0.497 e. The van der Waals surface area contributed by atoms with Gasteiger partial charge in [-0.2, -0.15) is 0 Å². The molecule has 4 aromatic rings. The summed E-state index contributed by atoms with van der Waals surface area (Å²) in [5, 5.41) is 0.987. The molecule has 0 radical (unpaired) electrons. The number of fused-ring (bicyclic) bond motifs is 2. The Kier molecular flexibility index (Phi) is 3.99. The minimum absolute atomic E-state index is 0.164. The van der Waals surface area contributed by atoms with E-state index in [-0.39, 0.29) is 12.1 Å². The summed E-state index contributed by atoms with van der Waals surface area (Å²) < 4.78 is 12.0. The first kappa shape index (κ1) is 17.6. The van der Waals surface area contributed by atoms with Crippen molar-refractivity contribution in [3.8, 4) is 5.75 Å². The Morgan fingerprint density at radius 2 is 1.81 bits per heavy atom. The average Bonchev–Trinajstić information content (AvgIpc) is 3.13. The van der Waals surface area contributed by atoms with Crippen LogP contribution in [-0.2, 0) is 27.7 Å². The third kappa shape index (κ3) is 2.53. The lowest BCUT2D eigenvalue weighted by atomic mass is 10.2. The molecule has 0 aliphatic carbocycles. The highest BCUT2D eigenvalue weighted by Crippen LogP contribution is 2.24. The van der Waals surface area contributed by atoms with Gasteiger partial charge in [0, 0.05) is 37.7 Å². The van der Waals surface area contributed by atoms with Gasteiger partial charge >= 0.3 is 5.69 Å². The van der Waals surface area contributed by atoms with Crippen molar-refractivity contribution < 1.29 is 4.74 Å². The molecular weight excluding hydrogens is 414 g/mol. The molecule has 3 heterocycles. The molecule has 0 saturated heterocycles. The molecular formula is C18H18BrN5O3. The number of hydrogen-bond donors (Lipinski definition) is 0. The van der Waals surface area contributed by atoms with Gasteiger partial charge in [0.25, 0.3) is 5.56 Å². The van der Waals surface area contributed by atoms with Crippen molar-refractivity contribution in [3.63, 3.8) is 0 Å². The Morgan fingerprint density at radius 1 is 1.07 bits per heavy atom. The van der Waals surface area contributed by atoms with Crippen molar-refractivity contribution in [3.05, 3.63) is 55.5 Å². The quantitative estimate of drug-likeness (QED) is 0.463. The summed E-state index contributed by atoms with van der Waals surface area (Å²) in [5.74, 6) is 0.758. The Labute approximate surface area is 162 Å². The van der Waals surface area contributed by atoms with E-state index in [9.17, 15) is 9.59 Å². The summed E-state index contributed by atoms with van der Waals surface area (Å²) in [6.07, 6.45) is 0. The van der Waals surface area contributed by atoms with E-state index in [4.69, 9.17) is 4.74 Å². The molecule has 27 heavy (non-hydrogen) atoms. The Balaban J connectivity index is 1.93. The number of aromatic nitrogens is 5. The van der Waals surface area contributed by atoms with E-state index in [1.54, 1.807) is 25.8 Å². The summed E-state index contributed by atoms with van der Waals surface area (Å²) in [4.78, 5) is 30.1. The van der Waals surface area contributed by atoms with E-state index in [1.165, 1.54) is 9.13 Å². The molecule has 0 aliphatic rings. The monoisotopic (exact) mass is 431 g/mol. The molecule has 3 aromatic heterocycles. The van der Waals surface area contributed by atoms with E-state index in [2.05, 4.69) is 20.9 Å². The second-order valence-corrected chi connectivity index (χ2v) is 7.17. The van der Waals surface area contributed by atoms with Crippen molar-refractivity contribution in [2.75, 3.05) is 7.11 Å². The number of benzene rings is 1. The average molecular weight is 432 g/mol. The SMILES string of the molecule is COc1ccc2c(c1)cc(Cn1c(=O)c3c(nc(Br)n3C)n(C)c1=O)n2C. The van der Waals surface area contributed by atoms with Crippen molar-refractivity contribution in [1.82, 2.24) is 23.3 Å². The van der Waals surface area contributed by atoms with E-state index in [1.807, 2.05) is 35.9 Å². The summed E-state index contributed by atoms with van der Waals surface area (Å²) in [7, 11) is 6.89. The molecule has 1 aromatic carbocycles. The van der Waals surface area contributed by atoms with Crippen LogP contribution >= 0.6 is 15.9 Å². The summed E-state index contributed by atoms with van der Waals surface area (Å²) in [5.41, 5.74) is 1.82. The first-order chi connectivity index (χ1) is 12.8. The van der Waals surface area contributed by atoms with Crippen LogP contribution in [0.4, 0.5) is 0 Å². The van der Waals surface area contributed by atoms with Crippen LogP contribution < -0.4 is 16.0 Å². The van der Waals surface area contributed by atoms with E-state index >= 15 is 0 Å². The maximum atomic E-state index is 13.0. The van der Waals surface area contributed by atoms with Crippen LogP contribution in [0.5, 0.6) is 5.75 Å². The molecule has 0 spiro atoms. The molecule has 4 rings (SSSR count). The van der Waals surface area contributed by atoms with Crippen molar-refractivity contribution in [1.29, 1.82) is 0 Å². The molecule has 0 aliphatic heterocycles. The van der Waals surface area contributed by atoms with Gasteiger partial charge < -0.3 is 13.9 Å². The number of aryl methyl sites for hydroxylation is 3. The molecule has 0 fully saturated rings. The predicted octanol–water partition coefficient (Wildman–Crippen LogP) is 1.74. The second kappa shape index (κ2) is 6.12. The first-order valence-electron chi connectivity index (χ1n) is 8.27. The lowest BCUT2D eigenvalue weighted by molar-refractivity contribution is 0.415. The fourth-order valence-corrected chi connectivity index (χ4v) is 3.73. The molecule has 0 N–H and O–H groups in total. The predicted molar refractivity (Wildman–Crippen MR) is 106 cm³/mol. The fourth-order valence-electron chi connectivity index (χ4n) is 3.38. The number of nitrogens with zero attached hydrogens (tertiary/aromatic N) is 5. The summed E-state index contributed by atoms with van der Waals surface area (Å²) >= 11 is 3.31. The van der Waals surface area contributed by atoms with Gasteiger partial charge in [-0.05, 0) is 40.2 Å². The highest BCUT2D eigenvalue weighted by Gasteiger charge is 2.18. The van der Waals surface area contributed by atoms with Gasteiger partial charge in [-0.25, -0.2) is 9.78 Å². The van der Waals surface area contributed by atoms with Crippen LogP contribution in [0.15, 0.2) is 38.6 Å². The smallest absolute Gasteiger partial charge is 0.332 e. The number of hydrogen-bond acceptors (Lipinski definition) is 4. The van der Waals surface area contributed by atoms with Crippen LogP contribution in [-0.4, -0.2) is 30.4 Å². The molecule has 8 nitrogen and oxygen atoms in total. The van der Waals surface area contributed by atoms with Crippen LogP contribution in [0.1, 0.15) is 5.69 Å². The zero-order chi connectivity index (χ0) is 19.5. The minimum Gasteiger partial charge on any atom is -0.497 e. The Hall–Kier alpha value is -2.81. The van der Waals surface area contributed by atoms with Gasteiger partial charge in [-0.3, -0.25) is 13.9 Å². The molecule has 0 saturated carbocycles. The molecule has 0 atom stereocenters. The summed E-state index contributed by atoms with van der Waals surface area (Å²) in [6.45, 7) is 0.164. The number of rotatable bonds is 3. The van der Waals surface area contributed by atoms with Gasteiger partial charge in [0.05, 0.1) is 13.7 Å². The zero-order valence-electron chi connectivity index (χ0n) is 15.4. The van der Waals surface area contributed by atoms with Gasteiger partial charge in [-0.1, -0.05) is 0 Å². The fraction of sp³-hybridized carbons (Fsp3) is 0.278. The maximum absolute atomic E-state index is 13.0. The second-order valence-electron chi connectivity index (χ2n) is 6.46. The van der Waals surface area contributed by atoms with E-state index in [0.29, 0.717) is 15.9 Å². The zero-order valence-corrected chi connectivity index (χ0v) is 16.9. The Bertz CT molecular complexity index is 1330. The lowest BCUT2D eigenvalue weighted by Gasteiger charge is -2.09. The normalized spacial score (nSPS) is 11.6. The molecule has 140 valence electrons. The van der Waals surface area contributed by atoms with Crippen molar-refractivity contribution in [2.45, 2.75) is 6.54 Å². The van der Waals surface area contributed by atoms with Crippen LogP contribution in [0, 0.1) is 0 Å². The van der Waals surface area contributed by atoms with Crippen LogP contribution in [0.2, 0.25) is 0 Å². The van der Waals surface area contributed by atoms with Crippen molar-refractivity contribution >= 4 is 38.0 Å². The number of halogens is 1. The van der Waals surface area contributed by atoms with E-state index < -0.39 is 5.69 Å². The van der Waals surface area contributed by atoms with Gasteiger partial charge in [0.1, 0.15) is 5.75 Å². The van der Waals surface area contributed by atoms with Gasteiger partial charge in [0.2, 0.25) is 0 Å². The van der Waals surface area contributed by atoms with E-state index in [0.717, 1.165) is 22.3 Å². The van der Waals surface area contributed by atoms with Crippen LogP contribution in [0.25, 0.3) is 22.1 Å². The highest BCUT2D eigenvalue weighted by atomic mass is 79.9. The third-order valence-electron chi connectivity index (χ3n) is 4.97. The van der Waals surface area contributed by atoms with Crippen molar-refractivity contribution in [2.24, 2.45) is 21.1 Å². The standard InChI is InChI=1S/C18H18BrN5O3/c1-21-11(7-10-8-12(27-4)5-6-13(10)21)9-24-16(25)14-15(23(3)18(24)26)20-17(19)22(14)2/h5-8H,9H2,1-4H3. The Morgan fingerprint density at radius 3 is 2.52 bits per heavy atom. The minimum atomic E-state index is -0.402. The number of ether oxygens (including phenoxy) is 1. The topological polar surface area (TPSA) is 76.0 Å². The summed E-state index contributed by atoms with van der Waals surface area (Å²) in [6, 6.07) is 7.74. The molecule has 0 unspecified atom stereocenters. The third-order valence-corrected chi connectivity index (χ3v) is 5.68. The molecule has 0 bridgehead atoms. The maximum Gasteiger partial charge on any atom is 0.332 e. The molecule has 9 heteroatoms. The van der Waals surface area contributed by atoms with Gasteiger partial charge in [-0.15, -0.1) is 0 Å². The van der Waals surface area contributed by atoms with Gasteiger partial charge in [0.15, 0.2) is 15.9 Å². The first-order valence-corrected chi connectivity index (χ1v) is 9.07. The van der Waals surface area contributed by atoms with Crippen LogP contribution in [0.3, 0.4) is 0 Å². The number of methoxy groups -OCH3 is 1. The number of imidazole rings is 1. The highest BCUT2D eigenvalue weighted by molar-refractivity contribution is 9.10. The molecule has 0 amide bonds. The lowest BCUT2D eigenvalue weighted by Crippen LogP contribution is -2.40.